The summed E-state index contributed by atoms with van der Waals surface area (Å²) in [6, 6.07) is 2.95. The van der Waals surface area contributed by atoms with Crippen LogP contribution in [0.1, 0.15) is 11.1 Å². The maximum Gasteiger partial charge on any atom is 0.306 e. The van der Waals surface area contributed by atoms with E-state index in [9.17, 15) is 13.5 Å². The molecule has 0 aliphatic heterocycles. The first-order valence-electron chi connectivity index (χ1n) is 3.99. The van der Waals surface area contributed by atoms with Crippen molar-refractivity contribution in [2.24, 2.45) is 0 Å². The molecule has 4 nitrogen and oxygen atoms in total. The van der Waals surface area contributed by atoms with Gasteiger partial charge in [-0.15, -0.1) is 0 Å². The third-order valence-electron chi connectivity index (χ3n) is 1.71. The summed E-state index contributed by atoms with van der Waals surface area (Å²) in [5.41, 5.74) is 1.17. The van der Waals surface area contributed by atoms with Gasteiger partial charge in [-0.25, -0.2) is 0 Å². The van der Waals surface area contributed by atoms with Crippen molar-refractivity contribution in [1.29, 1.82) is 0 Å². The molecule has 0 aromatic heterocycles. The predicted octanol–water partition coefficient (Wildman–Crippen LogP) is 1.35. The monoisotopic (exact) mass is 216 g/mol. The normalized spacial score (nSPS) is 11.4. The van der Waals surface area contributed by atoms with Gasteiger partial charge in [0.1, 0.15) is 11.5 Å². The molecule has 1 N–H and O–H groups in total. The molecular weight excluding hydrogens is 204 g/mol. The summed E-state index contributed by atoms with van der Waals surface area (Å²) in [7, 11) is -3.51. The van der Waals surface area contributed by atoms with Crippen molar-refractivity contribution in [3.8, 4) is 11.5 Å². The highest BCUT2D eigenvalue weighted by molar-refractivity contribution is 7.86. The number of aryl methyl sites for hydroxylation is 2. The van der Waals surface area contributed by atoms with Crippen molar-refractivity contribution in [3.63, 3.8) is 0 Å². The van der Waals surface area contributed by atoms with Gasteiger partial charge in [0.25, 0.3) is 0 Å². The van der Waals surface area contributed by atoms with Crippen molar-refractivity contribution in [1.82, 2.24) is 0 Å². The molecule has 0 radical (unpaired) electrons. The van der Waals surface area contributed by atoms with Crippen LogP contribution in [0, 0.1) is 13.8 Å². The molecule has 1 aromatic carbocycles. The van der Waals surface area contributed by atoms with E-state index in [1.165, 1.54) is 12.1 Å². The summed E-state index contributed by atoms with van der Waals surface area (Å²) < 4.78 is 26.3. The van der Waals surface area contributed by atoms with Gasteiger partial charge in [0.05, 0.1) is 6.26 Å². The molecule has 1 aromatic rings. The van der Waals surface area contributed by atoms with Crippen LogP contribution in [0.25, 0.3) is 0 Å². The van der Waals surface area contributed by atoms with Gasteiger partial charge < -0.3 is 9.29 Å². The zero-order chi connectivity index (χ0) is 10.9. The largest absolute Gasteiger partial charge is 0.507 e. The number of hydrogen-bond donors (Lipinski definition) is 1. The standard InChI is InChI=1S/C9H12O4S/c1-6-4-8(13-14(3,11)12)5-7(2)9(6)10/h4-5,10H,1-3H3. The zero-order valence-corrected chi connectivity index (χ0v) is 9.05. The number of hydrogen-bond acceptors (Lipinski definition) is 4. The highest BCUT2D eigenvalue weighted by Crippen LogP contribution is 2.27. The minimum Gasteiger partial charge on any atom is -0.507 e. The number of rotatable bonds is 2. The second-order valence-corrected chi connectivity index (χ2v) is 4.77. The van der Waals surface area contributed by atoms with Crippen LogP contribution in [-0.4, -0.2) is 19.8 Å². The Labute approximate surface area is 83.3 Å². The summed E-state index contributed by atoms with van der Waals surface area (Å²) in [4.78, 5) is 0. The van der Waals surface area contributed by atoms with Crippen molar-refractivity contribution >= 4 is 10.1 Å². The van der Waals surface area contributed by atoms with Gasteiger partial charge in [-0.05, 0) is 37.1 Å². The van der Waals surface area contributed by atoms with E-state index in [2.05, 4.69) is 4.18 Å². The van der Waals surface area contributed by atoms with Gasteiger partial charge in [-0.2, -0.15) is 8.42 Å². The lowest BCUT2D eigenvalue weighted by Gasteiger charge is -2.07. The summed E-state index contributed by atoms with van der Waals surface area (Å²) >= 11 is 0. The second-order valence-electron chi connectivity index (χ2n) is 3.19. The minimum absolute atomic E-state index is 0.158. The van der Waals surface area contributed by atoms with Gasteiger partial charge in [0, 0.05) is 0 Å². The molecule has 0 saturated carbocycles. The maximum atomic E-state index is 10.8. The van der Waals surface area contributed by atoms with Crippen LogP contribution >= 0.6 is 0 Å². The smallest absolute Gasteiger partial charge is 0.306 e. The Kier molecular flexibility index (Phi) is 2.71. The van der Waals surface area contributed by atoms with Crippen LogP contribution in [0.15, 0.2) is 12.1 Å². The third-order valence-corrected chi connectivity index (χ3v) is 2.21. The molecule has 14 heavy (non-hydrogen) atoms. The van der Waals surface area contributed by atoms with Crippen molar-refractivity contribution in [2.75, 3.05) is 6.26 Å². The molecule has 0 heterocycles. The van der Waals surface area contributed by atoms with Gasteiger partial charge in [0.15, 0.2) is 0 Å². The lowest BCUT2D eigenvalue weighted by atomic mass is 10.1. The maximum absolute atomic E-state index is 10.8. The van der Waals surface area contributed by atoms with Gasteiger partial charge in [-0.1, -0.05) is 0 Å². The first-order valence-corrected chi connectivity index (χ1v) is 5.81. The minimum atomic E-state index is -3.51. The molecule has 0 unspecified atom stereocenters. The lowest BCUT2D eigenvalue weighted by Crippen LogP contribution is -2.06. The van der Waals surface area contributed by atoms with E-state index < -0.39 is 10.1 Å². The van der Waals surface area contributed by atoms with E-state index in [1.54, 1.807) is 13.8 Å². The second kappa shape index (κ2) is 3.49. The van der Waals surface area contributed by atoms with E-state index in [0.29, 0.717) is 11.1 Å². The van der Waals surface area contributed by atoms with Crippen LogP contribution in [-0.2, 0) is 10.1 Å². The molecule has 5 heteroatoms. The van der Waals surface area contributed by atoms with Crippen molar-refractivity contribution in [3.05, 3.63) is 23.3 Å². The molecule has 0 aliphatic carbocycles. The Morgan fingerprint density at radius 3 is 2.00 bits per heavy atom. The predicted molar refractivity (Wildman–Crippen MR) is 53.1 cm³/mol. The summed E-state index contributed by atoms with van der Waals surface area (Å²) in [6.07, 6.45) is 0.977. The molecule has 0 atom stereocenters. The molecule has 0 amide bonds. The highest BCUT2D eigenvalue weighted by Gasteiger charge is 2.08. The Morgan fingerprint density at radius 1 is 1.21 bits per heavy atom. The number of aromatic hydroxyl groups is 1. The SMILES string of the molecule is Cc1cc(OS(C)(=O)=O)cc(C)c1O. The first kappa shape index (κ1) is 10.8. The van der Waals surface area contributed by atoms with E-state index >= 15 is 0 Å². The van der Waals surface area contributed by atoms with E-state index in [4.69, 9.17) is 0 Å². The number of phenolic OH excluding ortho intramolecular Hbond substituents is 1. The third kappa shape index (κ3) is 2.63. The lowest BCUT2D eigenvalue weighted by molar-refractivity contribution is 0.462. The Balaban J connectivity index is 3.14. The fourth-order valence-corrected chi connectivity index (χ4v) is 1.58. The molecule has 0 spiro atoms. The molecular formula is C9H12O4S. The van der Waals surface area contributed by atoms with Crippen molar-refractivity contribution < 1.29 is 17.7 Å². The molecule has 78 valence electrons. The van der Waals surface area contributed by atoms with E-state index in [0.717, 1.165) is 6.26 Å². The van der Waals surface area contributed by atoms with Gasteiger partial charge >= 0.3 is 10.1 Å². The molecule has 1 rings (SSSR count). The van der Waals surface area contributed by atoms with E-state index in [1.807, 2.05) is 0 Å². The zero-order valence-electron chi connectivity index (χ0n) is 8.23. The molecule has 0 fully saturated rings. The molecule has 0 aliphatic rings. The van der Waals surface area contributed by atoms with Gasteiger partial charge in [-0.3, -0.25) is 0 Å². The average Bonchev–Trinajstić information content (AvgIpc) is 1.96. The summed E-state index contributed by atoms with van der Waals surface area (Å²) in [5.74, 6) is 0.381. The van der Waals surface area contributed by atoms with Crippen LogP contribution in [0.5, 0.6) is 11.5 Å². The number of benzene rings is 1. The average molecular weight is 216 g/mol. The summed E-state index contributed by atoms with van der Waals surface area (Å²) in [6.45, 7) is 3.36. The quantitative estimate of drug-likeness (QED) is 0.758. The van der Waals surface area contributed by atoms with Crippen LogP contribution in [0.2, 0.25) is 0 Å². The fourth-order valence-electron chi connectivity index (χ4n) is 1.14. The fraction of sp³-hybridized carbons (Fsp3) is 0.333. The van der Waals surface area contributed by atoms with Crippen molar-refractivity contribution in [2.45, 2.75) is 13.8 Å². The summed E-state index contributed by atoms with van der Waals surface area (Å²) in [5, 5.41) is 9.42. The Bertz CT molecular complexity index is 425. The van der Waals surface area contributed by atoms with Crippen LogP contribution < -0.4 is 4.18 Å². The van der Waals surface area contributed by atoms with Crippen LogP contribution in [0.4, 0.5) is 0 Å². The van der Waals surface area contributed by atoms with E-state index in [-0.39, 0.29) is 11.5 Å². The number of phenols is 1. The van der Waals surface area contributed by atoms with Crippen LogP contribution in [0.3, 0.4) is 0 Å². The molecule has 0 saturated heterocycles. The Morgan fingerprint density at radius 2 is 1.64 bits per heavy atom. The molecule has 0 bridgehead atoms. The Hall–Kier alpha value is -1.23. The highest BCUT2D eigenvalue weighted by atomic mass is 32.2. The van der Waals surface area contributed by atoms with Gasteiger partial charge in [0.2, 0.25) is 0 Å². The topological polar surface area (TPSA) is 63.6 Å². The first-order chi connectivity index (χ1) is 6.29.